The fraction of sp³-hybridized carbons (Fsp3) is 0.947. The van der Waals surface area contributed by atoms with Gasteiger partial charge < -0.3 is 10.2 Å². The minimum Gasteiger partial charge on any atom is -0.393 e. The third-order valence-corrected chi connectivity index (χ3v) is 8.28. The lowest BCUT2D eigenvalue weighted by molar-refractivity contribution is -0.175. The van der Waals surface area contributed by atoms with Crippen LogP contribution in [0.1, 0.15) is 65.2 Å². The highest BCUT2D eigenvalue weighted by Gasteiger charge is 2.63. The minimum absolute atomic E-state index is 0.145. The van der Waals surface area contributed by atoms with Gasteiger partial charge in [0.15, 0.2) is 0 Å². The Morgan fingerprint density at radius 2 is 1.86 bits per heavy atom. The highest BCUT2D eigenvalue weighted by atomic mass is 16.3. The molecule has 1 unspecified atom stereocenters. The smallest absolute Gasteiger partial charge is 0.139 e. The van der Waals surface area contributed by atoms with E-state index in [2.05, 4.69) is 13.8 Å². The number of hydrogen-bond acceptors (Lipinski definition) is 3. The number of Topliss-reactive ketones (excluding diaryl/α,β-unsaturated/α-hetero) is 1. The summed E-state index contributed by atoms with van der Waals surface area (Å²) in [4.78, 5) is 12.4. The maximum absolute atomic E-state index is 12.4. The Hall–Kier alpha value is -0.410. The quantitative estimate of drug-likeness (QED) is 0.723. The maximum atomic E-state index is 12.4. The summed E-state index contributed by atoms with van der Waals surface area (Å²) in [5.41, 5.74) is -0.105. The average Bonchev–Trinajstić information content (AvgIpc) is 2.75. The lowest BCUT2D eigenvalue weighted by Gasteiger charge is -2.61. The SMILES string of the molecule is C[C@]12CC[C@H](O)CC1CC[C@@H]1[C@@H]2[C@@H](O)C[C@]2(C)C(=O)CC[C@@H]12. The van der Waals surface area contributed by atoms with Crippen molar-refractivity contribution in [2.75, 3.05) is 0 Å². The van der Waals surface area contributed by atoms with Crippen molar-refractivity contribution in [3.63, 3.8) is 0 Å². The van der Waals surface area contributed by atoms with E-state index in [1.54, 1.807) is 0 Å². The van der Waals surface area contributed by atoms with E-state index in [1.807, 2.05) is 0 Å². The van der Waals surface area contributed by atoms with Crippen LogP contribution in [0.4, 0.5) is 0 Å². The lowest BCUT2D eigenvalue weighted by atomic mass is 9.44. The number of aliphatic hydroxyl groups is 2. The second-order valence-corrected chi connectivity index (χ2v) is 9.16. The van der Waals surface area contributed by atoms with Crippen molar-refractivity contribution >= 4 is 5.78 Å². The number of fused-ring (bicyclic) bond motifs is 5. The van der Waals surface area contributed by atoms with Crippen LogP contribution in [0.2, 0.25) is 0 Å². The summed E-state index contributed by atoms with van der Waals surface area (Å²) in [7, 11) is 0. The molecule has 4 rings (SSSR count). The van der Waals surface area contributed by atoms with Crippen molar-refractivity contribution in [2.45, 2.75) is 77.4 Å². The molecule has 0 aromatic heterocycles. The summed E-state index contributed by atoms with van der Waals surface area (Å²) in [6.07, 6.45) is 7.08. The van der Waals surface area contributed by atoms with Crippen molar-refractivity contribution in [2.24, 2.45) is 34.5 Å². The summed E-state index contributed by atoms with van der Waals surface area (Å²) in [5.74, 6) is 2.27. The molecule has 3 heteroatoms. The molecule has 4 fully saturated rings. The molecule has 3 nitrogen and oxygen atoms in total. The predicted molar refractivity (Wildman–Crippen MR) is 84.1 cm³/mol. The first-order valence-electron chi connectivity index (χ1n) is 9.25. The van der Waals surface area contributed by atoms with Gasteiger partial charge in [-0.25, -0.2) is 0 Å². The Morgan fingerprint density at radius 3 is 2.64 bits per heavy atom. The molecule has 0 aromatic rings. The number of hydrogen-bond donors (Lipinski definition) is 2. The first-order chi connectivity index (χ1) is 10.4. The van der Waals surface area contributed by atoms with E-state index in [-0.39, 0.29) is 23.0 Å². The van der Waals surface area contributed by atoms with Crippen molar-refractivity contribution in [3.05, 3.63) is 0 Å². The molecule has 0 aliphatic heterocycles. The highest BCUT2D eigenvalue weighted by molar-refractivity contribution is 5.87. The van der Waals surface area contributed by atoms with E-state index >= 15 is 0 Å². The van der Waals surface area contributed by atoms with E-state index in [0.29, 0.717) is 35.9 Å². The predicted octanol–water partition coefficient (Wildman–Crippen LogP) is 2.93. The van der Waals surface area contributed by atoms with Gasteiger partial charge in [-0.3, -0.25) is 4.79 Å². The molecular formula is C19H30O3. The summed E-state index contributed by atoms with van der Waals surface area (Å²) < 4.78 is 0. The molecule has 0 amide bonds. The Kier molecular flexibility index (Phi) is 3.30. The minimum atomic E-state index is -0.337. The van der Waals surface area contributed by atoms with Gasteiger partial charge in [0.05, 0.1) is 12.2 Å². The van der Waals surface area contributed by atoms with Gasteiger partial charge in [-0.1, -0.05) is 13.8 Å². The summed E-state index contributed by atoms with van der Waals surface area (Å²) in [6.45, 7) is 4.48. The summed E-state index contributed by atoms with van der Waals surface area (Å²) in [5, 5.41) is 21.0. The molecule has 0 radical (unpaired) electrons. The fourth-order valence-electron chi connectivity index (χ4n) is 7.13. The van der Waals surface area contributed by atoms with Crippen LogP contribution >= 0.6 is 0 Å². The van der Waals surface area contributed by atoms with E-state index < -0.39 is 0 Å². The van der Waals surface area contributed by atoms with Crippen molar-refractivity contribution in [1.82, 2.24) is 0 Å². The van der Waals surface area contributed by atoms with Gasteiger partial charge in [0.1, 0.15) is 5.78 Å². The molecule has 0 saturated heterocycles. The second kappa shape index (κ2) is 4.80. The molecule has 22 heavy (non-hydrogen) atoms. The van der Waals surface area contributed by atoms with Gasteiger partial charge in [0.25, 0.3) is 0 Å². The lowest BCUT2D eigenvalue weighted by Crippen LogP contribution is -2.59. The number of ketones is 1. The number of rotatable bonds is 0. The van der Waals surface area contributed by atoms with Gasteiger partial charge in [0.2, 0.25) is 0 Å². The van der Waals surface area contributed by atoms with Gasteiger partial charge in [-0.2, -0.15) is 0 Å². The molecule has 0 spiro atoms. The van der Waals surface area contributed by atoms with E-state index in [1.165, 1.54) is 6.42 Å². The Balaban J connectivity index is 1.69. The molecule has 0 bridgehead atoms. The van der Waals surface area contributed by atoms with Gasteiger partial charge >= 0.3 is 0 Å². The van der Waals surface area contributed by atoms with Crippen LogP contribution in [0.25, 0.3) is 0 Å². The standard InChI is InChI=1S/C19H30O3/c1-18-8-7-12(20)9-11(18)3-4-13-14-5-6-16(22)19(14,2)10-15(21)17(13)18/h11-15,17,20-21H,3-10H2,1-2H3/t11?,12-,13-,14-,15-,17+,18-,19-/m0/s1. The zero-order valence-electron chi connectivity index (χ0n) is 13.9. The Labute approximate surface area is 133 Å². The molecule has 4 aliphatic rings. The maximum Gasteiger partial charge on any atom is 0.139 e. The molecule has 8 atom stereocenters. The van der Waals surface area contributed by atoms with Crippen LogP contribution in [0, 0.1) is 34.5 Å². The largest absolute Gasteiger partial charge is 0.393 e. The van der Waals surface area contributed by atoms with E-state index in [9.17, 15) is 15.0 Å². The van der Waals surface area contributed by atoms with Crippen LogP contribution in [-0.4, -0.2) is 28.2 Å². The Bertz CT molecular complexity index is 489. The number of carbonyl (C=O) groups is 1. The third-order valence-electron chi connectivity index (χ3n) is 8.28. The van der Waals surface area contributed by atoms with Gasteiger partial charge in [0, 0.05) is 11.8 Å². The number of carbonyl (C=O) groups excluding carboxylic acids is 1. The third kappa shape index (κ3) is 1.84. The molecule has 124 valence electrons. The normalized spacial score (nSPS) is 57.9. The van der Waals surface area contributed by atoms with Crippen molar-refractivity contribution < 1.29 is 15.0 Å². The molecule has 4 aliphatic carbocycles. The van der Waals surface area contributed by atoms with Gasteiger partial charge in [-0.15, -0.1) is 0 Å². The van der Waals surface area contributed by atoms with Crippen LogP contribution in [-0.2, 0) is 4.79 Å². The summed E-state index contributed by atoms with van der Waals surface area (Å²) >= 11 is 0. The van der Waals surface area contributed by atoms with Crippen LogP contribution < -0.4 is 0 Å². The van der Waals surface area contributed by atoms with Crippen molar-refractivity contribution in [1.29, 1.82) is 0 Å². The van der Waals surface area contributed by atoms with E-state index in [4.69, 9.17) is 0 Å². The monoisotopic (exact) mass is 306 g/mol. The van der Waals surface area contributed by atoms with Crippen molar-refractivity contribution in [3.8, 4) is 0 Å². The van der Waals surface area contributed by atoms with Crippen LogP contribution in [0.15, 0.2) is 0 Å². The average molecular weight is 306 g/mol. The van der Waals surface area contributed by atoms with Crippen LogP contribution in [0.5, 0.6) is 0 Å². The second-order valence-electron chi connectivity index (χ2n) is 9.16. The summed E-state index contributed by atoms with van der Waals surface area (Å²) in [6, 6.07) is 0. The Morgan fingerprint density at radius 1 is 1.09 bits per heavy atom. The van der Waals surface area contributed by atoms with E-state index in [0.717, 1.165) is 38.5 Å². The van der Waals surface area contributed by atoms with Gasteiger partial charge in [-0.05, 0) is 74.0 Å². The zero-order chi connectivity index (χ0) is 15.7. The molecule has 0 aromatic carbocycles. The van der Waals surface area contributed by atoms with Crippen LogP contribution in [0.3, 0.4) is 0 Å². The first-order valence-corrected chi connectivity index (χ1v) is 9.25. The highest BCUT2D eigenvalue weighted by Crippen LogP contribution is 2.65. The molecule has 4 saturated carbocycles. The zero-order valence-corrected chi connectivity index (χ0v) is 13.9. The fourth-order valence-corrected chi connectivity index (χ4v) is 7.13. The molecular weight excluding hydrogens is 276 g/mol. The first kappa shape index (κ1) is 15.1. The topological polar surface area (TPSA) is 57.5 Å². The molecule has 0 heterocycles. The molecule has 2 N–H and O–H groups in total. The number of aliphatic hydroxyl groups excluding tert-OH is 2.